The highest BCUT2D eigenvalue weighted by atomic mass is 35.5. The number of anilines is 1. The molecule has 0 saturated carbocycles. The molecule has 0 spiro atoms. The van der Waals surface area contributed by atoms with Crippen LogP contribution in [-0.2, 0) is 0 Å². The molecular weight excluding hydrogens is 281 g/mol. The molecule has 0 saturated heterocycles. The van der Waals surface area contributed by atoms with Crippen molar-refractivity contribution in [1.82, 2.24) is 0 Å². The minimum absolute atomic E-state index is 0.0526. The number of benzene rings is 2. The number of nitrogens with one attached hydrogen (secondary N) is 1. The average Bonchev–Trinajstić information content (AvgIpc) is 2.41. The predicted octanol–water partition coefficient (Wildman–Crippen LogP) is 4.87. The summed E-state index contributed by atoms with van der Waals surface area (Å²) in [5.74, 6) is 0.867. The Bertz CT molecular complexity index is 531. The summed E-state index contributed by atoms with van der Waals surface area (Å²) in [5, 5.41) is 4.37. The lowest BCUT2D eigenvalue weighted by Crippen LogP contribution is -2.22. The zero-order chi connectivity index (χ0) is 13.7. The molecule has 0 aromatic heterocycles. The molecule has 2 rings (SSSR count). The number of ether oxygens (including phenoxy) is 1. The van der Waals surface area contributed by atoms with Gasteiger partial charge in [-0.1, -0.05) is 41.4 Å². The summed E-state index contributed by atoms with van der Waals surface area (Å²) in [6.07, 6.45) is 0.0526. The normalized spacial score (nSPS) is 11.9. The maximum absolute atomic E-state index is 5.96. The number of hydrogen-bond acceptors (Lipinski definition) is 2. The third kappa shape index (κ3) is 4.34. The fourth-order valence-corrected chi connectivity index (χ4v) is 1.94. The van der Waals surface area contributed by atoms with Gasteiger partial charge in [-0.2, -0.15) is 0 Å². The molecule has 100 valence electrons. The highest BCUT2D eigenvalue weighted by Crippen LogP contribution is 2.25. The van der Waals surface area contributed by atoms with Gasteiger partial charge in [0.05, 0.1) is 16.6 Å². The Labute approximate surface area is 123 Å². The summed E-state index contributed by atoms with van der Waals surface area (Å²) < 4.78 is 5.77. The van der Waals surface area contributed by atoms with Gasteiger partial charge < -0.3 is 10.1 Å². The van der Waals surface area contributed by atoms with Crippen LogP contribution in [0.15, 0.2) is 48.5 Å². The maximum Gasteiger partial charge on any atom is 0.119 e. The van der Waals surface area contributed by atoms with Crippen LogP contribution in [0.25, 0.3) is 0 Å². The van der Waals surface area contributed by atoms with Gasteiger partial charge in [0.1, 0.15) is 11.9 Å². The molecule has 0 amide bonds. The van der Waals surface area contributed by atoms with E-state index in [1.165, 1.54) is 0 Å². The van der Waals surface area contributed by atoms with Gasteiger partial charge in [0, 0.05) is 5.69 Å². The monoisotopic (exact) mass is 295 g/mol. The van der Waals surface area contributed by atoms with E-state index in [0.717, 1.165) is 11.4 Å². The Hall–Kier alpha value is -1.38. The first-order chi connectivity index (χ1) is 9.15. The molecule has 1 N–H and O–H groups in total. The number of para-hydroxylation sites is 1. The smallest absolute Gasteiger partial charge is 0.119 e. The van der Waals surface area contributed by atoms with Gasteiger partial charge in [-0.3, -0.25) is 0 Å². The fraction of sp³-hybridized carbons (Fsp3) is 0.200. The number of rotatable bonds is 5. The Morgan fingerprint density at radius 2 is 1.79 bits per heavy atom. The lowest BCUT2D eigenvalue weighted by atomic mass is 10.3. The van der Waals surface area contributed by atoms with Crippen molar-refractivity contribution in [2.24, 2.45) is 0 Å². The zero-order valence-electron chi connectivity index (χ0n) is 10.6. The molecule has 4 heteroatoms. The molecular formula is C15H15Cl2NO. The number of hydrogen-bond donors (Lipinski definition) is 1. The number of halogens is 2. The molecule has 0 aliphatic rings. The van der Waals surface area contributed by atoms with Crippen LogP contribution in [0.3, 0.4) is 0 Å². The van der Waals surface area contributed by atoms with Gasteiger partial charge in [0.15, 0.2) is 0 Å². The van der Waals surface area contributed by atoms with Crippen molar-refractivity contribution in [3.05, 3.63) is 58.6 Å². The highest BCUT2D eigenvalue weighted by Gasteiger charge is 2.04. The Morgan fingerprint density at radius 3 is 2.47 bits per heavy atom. The van der Waals surface area contributed by atoms with E-state index in [1.54, 1.807) is 12.1 Å². The summed E-state index contributed by atoms with van der Waals surface area (Å²) in [6.45, 7) is 2.70. The van der Waals surface area contributed by atoms with Crippen LogP contribution in [0, 0.1) is 0 Å². The van der Waals surface area contributed by atoms with E-state index in [9.17, 15) is 0 Å². The van der Waals surface area contributed by atoms with Gasteiger partial charge in [-0.05, 0) is 37.3 Å². The molecule has 0 fully saturated rings. The van der Waals surface area contributed by atoms with Crippen molar-refractivity contribution < 1.29 is 4.74 Å². The van der Waals surface area contributed by atoms with Gasteiger partial charge >= 0.3 is 0 Å². The van der Waals surface area contributed by atoms with Crippen LogP contribution in [0.2, 0.25) is 10.0 Å². The standard InChI is InChI=1S/C15H15Cl2NO/c1-11(19-13-5-3-2-4-6-13)10-18-12-7-8-14(16)15(17)9-12/h2-9,11,18H,10H2,1H3. The first-order valence-corrected chi connectivity index (χ1v) is 6.81. The SMILES string of the molecule is CC(CNc1ccc(Cl)c(Cl)c1)Oc1ccccc1. The summed E-state index contributed by atoms with van der Waals surface area (Å²) in [7, 11) is 0. The quantitative estimate of drug-likeness (QED) is 0.849. The molecule has 1 atom stereocenters. The van der Waals surface area contributed by atoms with Gasteiger partial charge in [-0.25, -0.2) is 0 Å². The molecule has 19 heavy (non-hydrogen) atoms. The van der Waals surface area contributed by atoms with Crippen molar-refractivity contribution in [3.63, 3.8) is 0 Å². The molecule has 0 radical (unpaired) electrons. The third-order valence-corrected chi connectivity index (χ3v) is 3.33. The van der Waals surface area contributed by atoms with Crippen LogP contribution < -0.4 is 10.1 Å². The van der Waals surface area contributed by atoms with Crippen molar-refractivity contribution >= 4 is 28.9 Å². The second-order valence-electron chi connectivity index (χ2n) is 4.25. The Kier molecular flexibility index (Phi) is 4.94. The van der Waals surface area contributed by atoms with Crippen LogP contribution in [0.4, 0.5) is 5.69 Å². The van der Waals surface area contributed by atoms with Crippen LogP contribution in [0.5, 0.6) is 5.75 Å². The molecule has 0 aliphatic heterocycles. The third-order valence-electron chi connectivity index (χ3n) is 2.59. The summed E-state index contributed by atoms with van der Waals surface area (Å²) in [4.78, 5) is 0. The lowest BCUT2D eigenvalue weighted by molar-refractivity contribution is 0.235. The predicted molar refractivity (Wildman–Crippen MR) is 81.5 cm³/mol. The first-order valence-electron chi connectivity index (χ1n) is 6.06. The van der Waals surface area contributed by atoms with Crippen molar-refractivity contribution in [3.8, 4) is 5.75 Å². The maximum atomic E-state index is 5.96. The molecule has 2 aromatic rings. The molecule has 2 aromatic carbocycles. The summed E-state index contributed by atoms with van der Waals surface area (Å²) in [5.41, 5.74) is 0.929. The van der Waals surface area contributed by atoms with E-state index in [4.69, 9.17) is 27.9 Å². The zero-order valence-corrected chi connectivity index (χ0v) is 12.1. The second kappa shape index (κ2) is 6.69. The largest absolute Gasteiger partial charge is 0.489 e. The van der Waals surface area contributed by atoms with Crippen LogP contribution in [0.1, 0.15) is 6.92 Å². The first kappa shape index (κ1) is 14.0. The molecule has 0 heterocycles. The Balaban J connectivity index is 1.86. The molecule has 2 nitrogen and oxygen atoms in total. The minimum atomic E-state index is 0.0526. The summed E-state index contributed by atoms with van der Waals surface area (Å²) in [6, 6.07) is 15.2. The molecule has 0 aliphatic carbocycles. The van der Waals surface area contributed by atoms with Crippen molar-refractivity contribution in [1.29, 1.82) is 0 Å². The highest BCUT2D eigenvalue weighted by molar-refractivity contribution is 6.42. The van der Waals surface area contributed by atoms with Gasteiger partial charge in [0.2, 0.25) is 0 Å². The van der Waals surface area contributed by atoms with Crippen molar-refractivity contribution in [2.45, 2.75) is 13.0 Å². The average molecular weight is 296 g/mol. The molecule has 0 bridgehead atoms. The van der Waals surface area contributed by atoms with E-state index in [-0.39, 0.29) is 6.10 Å². The van der Waals surface area contributed by atoms with E-state index in [0.29, 0.717) is 16.6 Å². The van der Waals surface area contributed by atoms with Crippen LogP contribution >= 0.6 is 23.2 Å². The van der Waals surface area contributed by atoms with E-state index >= 15 is 0 Å². The second-order valence-corrected chi connectivity index (χ2v) is 5.07. The van der Waals surface area contributed by atoms with Crippen LogP contribution in [-0.4, -0.2) is 12.6 Å². The van der Waals surface area contributed by atoms with E-state index in [1.807, 2.05) is 43.3 Å². The van der Waals surface area contributed by atoms with E-state index in [2.05, 4.69) is 5.32 Å². The topological polar surface area (TPSA) is 21.3 Å². The van der Waals surface area contributed by atoms with E-state index < -0.39 is 0 Å². The minimum Gasteiger partial charge on any atom is -0.489 e. The fourth-order valence-electron chi connectivity index (χ4n) is 1.64. The van der Waals surface area contributed by atoms with Crippen molar-refractivity contribution in [2.75, 3.05) is 11.9 Å². The Morgan fingerprint density at radius 1 is 1.05 bits per heavy atom. The lowest BCUT2D eigenvalue weighted by Gasteiger charge is -2.16. The molecule has 1 unspecified atom stereocenters. The van der Waals surface area contributed by atoms with Gasteiger partial charge in [0.25, 0.3) is 0 Å². The van der Waals surface area contributed by atoms with Gasteiger partial charge in [-0.15, -0.1) is 0 Å². The summed E-state index contributed by atoms with van der Waals surface area (Å²) >= 11 is 11.8.